The molecule has 2 amide bonds. The van der Waals surface area contributed by atoms with Gasteiger partial charge in [-0.3, -0.25) is 4.90 Å². The van der Waals surface area contributed by atoms with Crippen LogP contribution in [0.1, 0.15) is 19.3 Å². The van der Waals surface area contributed by atoms with Gasteiger partial charge in [0, 0.05) is 18.6 Å². The van der Waals surface area contributed by atoms with Gasteiger partial charge in [-0.1, -0.05) is 0 Å². The van der Waals surface area contributed by atoms with E-state index in [0.717, 1.165) is 25.9 Å². The van der Waals surface area contributed by atoms with Crippen LogP contribution < -0.4 is 10.6 Å². The maximum absolute atomic E-state index is 11.6. The van der Waals surface area contributed by atoms with Gasteiger partial charge in [-0.15, -0.1) is 0 Å². The topological polar surface area (TPSA) is 102 Å². The summed E-state index contributed by atoms with van der Waals surface area (Å²) in [7, 11) is 0. The first-order valence-electron chi connectivity index (χ1n) is 6.27. The highest BCUT2D eigenvalue weighted by Gasteiger charge is 2.37. The molecule has 0 aromatic heterocycles. The molecule has 2 saturated heterocycles. The van der Waals surface area contributed by atoms with E-state index in [1.54, 1.807) is 0 Å². The lowest BCUT2D eigenvalue weighted by atomic mass is 10.1. The Morgan fingerprint density at radius 1 is 1.33 bits per heavy atom. The van der Waals surface area contributed by atoms with Gasteiger partial charge in [0.15, 0.2) is 6.10 Å². The summed E-state index contributed by atoms with van der Waals surface area (Å²) < 4.78 is 0. The second kappa shape index (κ2) is 5.53. The molecule has 18 heavy (non-hydrogen) atoms. The molecule has 2 heterocycles. The van der Waals surface area contributed by atoms with Crippen molar-refractivity contribution in [2.45, 2.75) is 37.5 Å². The van der Waals surface area contributed by atoms with Gasteiger partial charge in [-0.2, -0.15) is 0 Å². The molecule has 0 aromatic carbocycles. The normalized spacial score (nSPS) is 28.7. The Balaban J connectivity index is 1.73. The van der Waals surface area contributed by atoms with Gasteiger partial charge < -0.3 is 20.8 Å². The van der Waals surface area contributed by atoms with Gasteiger partial charge in [0.2, 0.25) is 0 Å². The number of fused-ring (bicyclic) bond motifs is 1. The summed E-state index contributed by atoms with van der Waals surface area (Å²) in [5.41, 5.74) is 0. The van der Waals surface area contributed by atoms with Crippen LogP contribution in [0.25, 0.3) is 0 Å². The van der Waals surface area contributed by atoms with E-state index in [-0.39, 0.29) is 12.6 Å². The van der Waals surface area contributed by atoms with Crippen molar-refractivity contribution < 1.29 is 19.8 Å². The average Bonchev–Trinajstić information content (AvgIpc) is 2.90. The maximum atomic E-state index is 11.6. The van der Waals surface area contributed by atoms with Crippen LogP contribution in [0.2, 0.25) is 0 Å². The minimum Gasteiger partial charge on any atom is -0.479 e. The number of hydrogen-bond acceptors (Lipinski definition) is 4. The van der Waals surface area contributed by atoms with Crippen molar-refractivity contribution in [1.82, 2.24) is 15.5 Å². The fourth-order valence-electron chi connectivity index (χ4n) is 2.75. The molecule has 0 aliphatic carbocycles. The molecule has 2 aliphatic rings. The van der Waals surface area contributed by atoms with Crippen molar-refractivity contribution in [2.24, 2.45) is 0 Å². The number of aliphatic hydroxyl groups is 1. The van der Waals surface area contributed by atoms with Gasteiger partial charge >= 0.3 is 12.0 Å². The van der Waals surface area contributed by atoms with Crippen molar-refractivity contribution in [3.63, 3.8) is 0 Å². The first-order valence-corrected chi connectivity index (χ1v) is 6.27. The Bertz CT molecular complexity index is 336. The molecule has 2 rings (SSSR count). The molecule has 7 heteroatoms. The molecule has 0 bridgehead atoms. The largest absolute Gasteiger partial charge is 0.479 e. The van der Waals surface area contributed by atoms with Crippen LogP contribution in [0.4, 0.5) is 4.79 Å². The van der Waals surface area contributed by atoms with Gasteiger partial charge in [-0.05, 0) is 25.8 Å². The Morgan fingerprint density at radius 2 is 2.11 bits per heavy atom. The van der Waals surface area contributed by atoms with Gasteiger partial charge in [0.25, 0.3) is 0 Å². The number of nitrogens with zero attached hydrogens (tertiary/aromatic N) is 1. The highest BCUT2D eigenvalue weighted by molar-refractivity contribution is 5.76. The summed E-state index contributed by atoms with van der Waals surface area (Å²) in [6.45, 7) is 1.83. The number of nitrogens with one attached hydrogen (secondary N) is 2. The SMILES string of the molecule is O=C(NCC(O)C(=O)O)NC1CCN2CCCC12. The predicted octanol–water partition coefficient (Wildman–Crippen LogP) is -1.03. The summed E-state index contributed by atoms with van der Waals surface area (Å²) in [5.74, 6) is -1.34. The molecule has 3 atom stereocenters. The van der Waals surface area contributed by atoms with Crippen LogP contribution in [0.15, 0.2) is 0 Å². The highest BCUT2D eigenvalue weighted by Crippen LogP contribution is 2.27. The number of urea groups is 1. The van der Waals surface area contributed by atoms with Crippen LogP contribution >= 0.6 is 0 Å². The van der Waals surface area contributed by atoms with Crippen molar-refractivity contribution >= 4 is 12.0 Å². The molecule has 0 radical (unpaired) electrons. The van der Waals surface area contributed by atoms with Gasteiger partial charge in [0.1, 0.15) is 0 Å². The molecule has 0 aromatic rings. The summed E-state index contributed by atoms with van der Waals surface area (Å²) in [6.07, 6.45) is 1.65. The number of hydrogen-bond donors (Lipinski definition) is 4. The molecule has 4 N–H and O–H groups in total. The number of carbonyl (C=O) groups excluding carboxylic acids is 1. The molecule has 2 fully saturated rings. The smallest absolute Gasteiger partial charge is 0.334 e. The lowest BCUT2D eigenvalue weighted by Gasteiger charge is -2.21. The second-order valence-corrected chi connectivity index (χ2v) is 4.85. The van der Waals surface area contributed by atoms with Crippen molar-refractivity contribution in [3.05, 3.63) is 0 Å². The summed E-state index contributed by atoms with van der Waals surface area (Å²) in [5, 5.41) is 22.7. The third kappa shape index (κ3) is 2.91. The minimum atomic E-state index is -1.55. The van der Waals surface area contributed by atoms with Crippen molar-refractivity contribution in [3.8, 4) is 0 Å². The summed E-state index contributed by atoms with van der Waals surface area (Å²) in [4.78, 5) is 24.3. The molecule has 2 aliphatic heterocycles. The number of aliphatic carboxylic acids is 1. The van der Waals surface area contributed by atoms with Crippen LogP contribution in [-0.4, -0.2) is 64.9 Å². The quantitative estimate of drug-likeness (QED) is 0.516. The van der Waals surface area contributed by atoms with E-state index in [1.165, 1.54) is 6.42 Å². The maximum Gasteiger partial charge on any atom is 0.334 e. The number of carboxylic acids is 1. The monoisotopic (exact) mass is 257 g/mol. The third-order valence-electron chi connectivity index (χ3n) is 3.66. The fourth-order valence-corrected chi connectivity index (χ4v) is 2.75. The standard InChI is InChI=1S/C11H19N3O4/c15-9(10(16)17)6-12-11(18)13-7-3-5-14-4-1-2-8(7)14/h7-9,15H,1-6H2,(H,16,17)(H2,12,13,18). The van der Waals surface area contributed by atoms with Crippen LogP contribution in [0, 0.1) is 0 Å². The Hall–Kier alpha value is -1.34. The Labute approximate surface area is 105 Å². The predicted molar refractivity (Wildman–Crippen MR) is 63.2 cm³/mol. The van der Waals surface area contributed by atoms with E-state index in [2.05, 4.69) is 15.5 Å². The van der Waals surface area contributed by atoms with Crippen LogP contribution in [0.3, 0.4) is 0 Å². The molecule has 3 unspecified atom stereocenters. The second-order valence-electron chi connectivity index (χ2n) is 4.85. The zero-order valence-electron chi connectivity index (χ0n) is 10.1. The van der Waals surface area contributed by atoms with E-state index in [0.29, 0.717) is 6.04 Å². The Morgan fingerprint density at radius 3 is 2.83 bits per heavy atom. The molecule has 0 saturated carbocycles. The van der Waals surface area contributed by atoms with Crippen LogP contribution in [-0.2, 0) is 4.79 Å². The van der Waals surface area contributed by atoms with Crippen molar-refractivity contribution in [2.75, 3.05) is 19.6 Å². The molecule has 0 spiro atoms. The van der Waals surface area contributed by atoms with Crippen molar-refractivity contribution in [1.29, 1.82) is 0 Å². The Kier molecular flexibility index (Phi) is 4.03. The molecule has 102 valence electrons. The zero-order chi connectivity index (χ0) is 13.1. The lowest BCUT2D eigenvalue weighted by molar-refractivity contribution is -0.146. The van der Waals surface area contributed by atoms with Crippen LogP contribution in [0.5, 0.6) is 0 Å². The van der Waals surface area contributed by atoms with E-state index >= 15 is 0 Å². The number of rotatable bonds is 4. The minimum absolute atomic E-state index is 0.134. The van der Waals surface area contributed by atoms with E-state index in [9.17, 15) is 9.59 Å². The van der Waals surface area contributed by atoms with E-state index < -0.39 is 18.1 Å². The number of aliphatic hydroxyl groups excluding tert-OH is 1. The molecule has 7 nitrogen and oxygen atoms in total. The highest BCUT2D eigenvalue weighted by atomic mass is 16.4. The lowest BCUT2D eigenvalue weighted by Crippen LogP contribution is -2.49. The van der Waals surface area contributed by atoms with E-state index in [1.807, 2.05) is 0 Å². The number of carboxylic acid groups (broad SMARTS) is 1. The molecular formula is C11H19N3O4. The van der Waals surface area contributed by atoms with E-state index in [4.69, 9.17) is 10.2 Å². The summed E-state index contributed by atoms with van der Waals surface area (Å²) in [6, 6.07) is 0.142. The first kappa shape index (κ1) is 13.1. The first-order chi connectivity index (χ1) is 8.58. The fraction of sp³-hybridized carbons (Fsp3) is 0.818. The zero-order valence-corrected chi connectivity index (χ0v) is 10.1. The molecular weight excluding hydrogens is 238 g/mol. The number of amides is 2. The number of carbonyl (C=O) groups is 2. The van der Waals surface area contributed by atoms with Gasteiger partial charge in [-0.25, -0.2) is 9.59 Å². The average molecular weight is 257 g/mol. The third-order valence-corrected chi connectivity index (χ3v) is 3.66. The van der Waals surface area contributed by atoms with Gasteiger partial charge in [0.05, 0.1) is 6.54 Å². The summed E-state index contributed by atoms with van der Waals surface area (Å²) >= 11 is 0.